The maximum atomic E-state index is 13.0. The fourth-order valence-corrected chi connectivity index (χ4v) is 2.11. The van der Waals surface area contributed by atoms with Gasteiger partial charge in [0.05, 0.1) is 5.56 Å². The average Bonchev–Trinajstić information content (AvgIpc) is 2.82. The van der Waals surface area contributed by atoms with Crippen LogP contribution in [0.4, 0.5) is 13.2 Å². The number of rotatable bonds is 3. The lowest BCUT2D eigenvalue weighted by Crippen LogP contribution is -2.10. The molecule has 1 aromatic heterocycles. The van der Waals surface area contributed by atoms with Crippen LogP contribution in [-0.2, 0) is 13.2 Å². The first-order chi connectivity index (χ1) is 11.1. The normalized spacial score (nSPS) is 12.5. The zero-order valence-electron chi connectivity index (χ0n) is 11.9. The first-order valence-corrected chi connectivity index (χ1v) is 6.97. The summed E-state index contributed by atoms with van der Waals surface area (Å²) in [5.41, 5.74) is -2.27. The van der Waals surface area contributed by atoms with E-state index in [-0.39, 0.29) is 5.75 Å². The Hall–Kier alpha value is -2.37. The lowest BCUT2D eigenvalue weighted by molar-refractivity contribution is -0.141. The van der Waals surface area contributed by atoms with Gasteiger partial charge in [-0.1, -0.05) is 23.2 Å². The Kier molecular flexibility index (Phi) is 4.96. The van der Waals surface area contributed by atoms with E-state index in [0.29, 0.717) is 5.02 Å². The SMILES string of the molecule is Cn1nc(C(F)(F)F)c(C(O)=C(C#N)Oc2ccc(Cl)cc2)c1Cl. The molecule has 0 saturated heterocycles. The Morgan fingerprint density at radius 1 is 1.29 bits per heavy atom. The van der Waals surface area contributed by atoms with Gasteiger partial charge in [-0.25, -0.2) is 0 Å². The van der Waals surface area contributed by atoms with Gasteiger partial charge in [0.2, 0.25) is 5.76 Å². The molecule has 2 aromatic rings. The molecule has 0 atom stereocenters. The number of hydrogen-bond donors (Lipinski definition) is 1. The predicted molar refractivity (Wildman–Crippen MR) is 80.5 cm³/mol. The summed E-state index contributed by atoms with van der Waals surface area (Å²) in [5.74, 6) is -1.74. The molecule has 2 rings (SSSR count). The zero-order chi connectivity index (χ0) is 18.1. The number of hydrogen-bond acceptors (Lipinski definition) is 4. The number of nitrogens with zero attached hydrogens (tertiary/aromatic N) is 3. The minimum absolute atomic E-state index is 0.0936. The molecule has 0 amide bonds. The third kappa shape index (κ3) is 3.58. The van der Waals surface area contributed by atoms with Crippen LogP contribution in [0, 0.1) is 11.3 Å². The van der Waals surface area contributed by atoms with Crippen molar-refractivity contribution in [3.8, 4) is 11.8 Å². The number of allylic oxidation sites excluding steroid dienone is 1. The van der Waals surface area contributed by atoms with Crippen LogP contribution in [0.2, 0.25) is 10.2 Å². The summed E-state index contributed by atoms with van der Waals surface area (Å²) < 4.78 is 44.9. The molecule has 0 spiro atoms. The Morgan fingerprint density at radius 3 is 2.38 bits per heavy atom. The van der Waals surface area contributed by atoms with E-state index >= 15 is 0 Å². The maximum Gasteiger partial charge on any atom is 0.435 e. The molecular weight excluding hydrogens is 370 g/mol. The van der Waals surface area contributed by atoms with E-state index in [1.54, 1.807) is 0 Å². The summed E-state index contributed by atoms with van der Waals surface area (Å²) in [6.07, 6.45) is -4.88. The molecule has 0 fully saturated rings. The highest BCUT2D eigenvalue weighted by molar-refractivity contribution is 6.31. The van der Waals surface area contributed by atoms with Gasteiger partial charge in [-0.2, -0.15) is 23.5 Å². The van der Waals surface area contributed by atoms with Gasteiger partial charge >= 0.3 is 6.18 Å². The number of ether oxygens (including phenoxy) is 1. The maximum absolute atomic E-state index is 13.0. The van der Waals surface area contributed by atoms with Crippen LogP contribution >= 0.6 is 23.2 Å². The van der Waals surface area contributed by atoms with Crippen LogP contribution in [0.5, 0.6) is 5.75 Å². The summed E-state index contributed by atoms with van der Waals surface area (Å²) >= 11 is 11.5. The van der Waals surface area contributed by atoms with Crippen molar-refractivity contribution in [2.75, 3.05) is 0 Å². The van der Waals surface area contributed by atoms with Crippen LogP contribution < -0.4 is 4.74 Å². The third-order valence-corrected chi connectivity index (χ3v) is 3.52. The molecule has 0 radical (unpaired) electrons. The minimum atomic E-state index is -4.88. The van der Waals surface area contributed by atoms with Crippen LogP contribution in [-0.4, -0.2) is 14.9 Å². The third-order valence-electron chi connectivity index (χ3n) is 2.83. The second kappa shape index (κ2) is 6.63. The number of nitriles is 1. The van der Waals surface area contributed by atoms with E-state index in [4.69, 9.17) is 33.2 Å². The van der Waals surface area contributed by atoms with Gasteiger partial charge in [0.1, 0.15) is 17.0 Å². The number of aryl methyl sites for hydroxylation is 1. The zero-order valence-corrected chi connectivity index (χ0v) is 13.4. The van der Waals surface area contributed by atoms with Crippen LogP contribution in [0.15, 0.2) is 30.0 Å². The first-order valence-electron chi connectivity index (χ1n) is 6.22. The molecule has 0 aliphatic carbocycles. The molecule has 0 bridgehead atoms. The summed E-state index contributed by atoms with van der Waals surface area (Å²) in [5, 5.41) is 22.3. The number of alkyl halides is 3. The fourth-order valence-electron chi connectivity index (χ4n) is 1.77. The van der Waals surface area contributed by atoms with E-state index in [2.05, 4.69) is 5.10 Å². The van der Waals surface area contributed by atoms with E-state index in [9.17, 15) is 18.3 Å². The van der Waals surface area contributed by atoms with Gasteiger partial charge in [0, 0.05) is 12.1 Å². The molecule has 24 heavy (non-hydrogen) atoms. The smallest absolute Gasteiger partial charge is 0.435 e. The Labute approximate surface area is 144 Å². The molecule has 5 nitrogen and oxygen atoms in total. The van der Waals surface area contributed by atoms with Gasteiger partial charge in [-0.3, -0.25) is 4.68 Å². The lowest BCUT2D eigenvalue weighted by Gasteiger charge is -2.09. The molecule has 0 aliphatic rings. The Balaban J connectivity index is 2.55. The predicted octanol–water partition coefficient (Wildman–Crippen LogP) is 4.57. The van der Waals surface area contributed by atoms with E-state index in [1.165, 1.54) is 37.4 Å². The lowest BCUT2D eigenvalue weighted by atomic mass is 10.2. The van der Waals surface area contributed by atoms with Crippen molar-refractivity contribution in [3.05, 3.63) is 51.5 Å². The number of aliphatic hydroxyl groups is 1. The molecule has 10 heteroatoms. The number of benzene rings is 1. The highest BCUT2D eigenvalue weighted by Crippen LogP contribution is 2.38. The molecule has 0 aliphatic heterocycles. The van der Waals surface area contributed by atoms with Gasteiger partial charge in [0.15, 0.2) is 11.5 Å². The van der Waals surface area contributed by atoms with Crippen molar-refractivity contribution >= 4 is 29.0 Å². The molecule has 0 saturated carbocycles. The highest BCUT2D eigenvalue weighted by Gasteiger charge is 2.40. The monoisotopic (exact) mass is 377 g/mol. The molecular formula is C14H8Cl2F3N3O2. The molecule has 1 aromatic carbocycles. The van der Waals surface area contributed by atoms with Gasteiger partial charge in [0.25, 0.3) is 0 Å². The second-order valence-corrected chi connectivity index (χ2v) is 5.28. The van der Waals surface area contributed by atoms with E-state index in [1.807, 2.05) is 0 Å². The molecule has 126 valence electrons. The summed E-state index contributed by atoms with van der Waals surface area (Å²) in [6.45, 7) is 0. The van der Waals surface area contributed by atoms with Gasteiger partial charge in [-0.15, -0.1) is 0 Å². The van der Waals surface area contributed by atoms with Crippen molar-refractivity contribution in [2.24, 2.45) is 7.05 Å². The van der Waals surface area contributed by atoms with Crippen molar-refractivity contribution in [2.45, 2.75) is 6.18 Å². The number of halogens is 5. The van der Waals surface area contributed by atoms with Crippen molar-refractivity contribution < 1.29 is 23.0 Å². The van der Waals surface area contributed by atoms with Gasteiger partial charge < -0.3 is 9.84 Å². The Morgan fingerprint density at radius 2 is 1.88 bits per heavy atom. The van der Waals surface area contributed by atoms with Crippen LogP contribution in [0.25, 0.3) is 5.76 Å². The standard InChI is InChI=1S/C14H8Cl2F3N3O2/c1-22-13(16)10(12(21-22)14(17,18)19)11(23)9(6-20)24-8-4-2-7(15)3-5-8/h2-5,23H,1H3. The summed E-state index contributed by atoms with van der Waals surface area (Å²) in [4.78, 5) is 0. The largest absolute Gasteiger partial charge is 0.503 e. The molecule has 1 N–H and O–H groups in total. The van der Waals surface area contributed by atoms with Crippen LogP contribution in [0.1, 0.15) is 11.3 Å². The fraction of sp³-hybridized carbons (Fsp3) is 0.143. The number of aromatic nitrogens is 2. The van der Waals surface area contributed by atoms with E-state index < -0.39 is 34.1 Å². The van der Waals surface area contributed by atoms with E-state index in [0.717, 1.165) is 4.68 Å². The number of aliphatic hydroxyl groups excluding tert-OH is 1. The topological polar surface area (TPSA) is 71.1 Å². The van der Waals surface area contributed by atoms with Crippen molar-refractivity contribution in [1.82, 2.24) is 9.78 Å². The second-order valence-electron chi connectivity index (χ2n) is 4.48. The minimum Gasteiger partial charge on any atom is -0.503 e. The summed E-state index contributed by atoms with van der Waals surface area (Å²) in [7, 11) is 1.17. The molecule has 0 unspecified atom stereocenters. The van der Waals surface area contributed by atoms with Crippen LogP contribution in [0.3, 0.4) is 0 Å². The highest BCUT2D eigenvalue weighted by atomic mass is 35.5. The first kappa shape index (κ1) is 18.0. The van der Waals surface area contributed by atoms with Crippen molar-refractivity contribution in [3.63, 3.8) is 0 Å². The Bertz CT molecular complexity index is 837. The van der Waals surface area contributed by atoms with Gasteiger partial charge in [-0.05, 0) is 24.3 Å². The average molecular weight is 378 g/mol. The summed E-state index contributed by atoms with van der Waals surface area (Å²) in [6, 6.07) is 7.14. The van der Waals surface area contributed by atoms with Crippen molar-refractivity contribution in [1.29, 1.82) is 5.26 Å². The quantitative estimate of drug-likeness (QED) is 0.627. The molecule has 1 heterocycles.